The Balaban J connectivity index is 3.06. The molecule has 13 heavy (non-hydrogen) atoms. The van der Waals surface area contributed by atoms with Gasteiger partial charge in [-0.1, -0.05) is 0 Å². The molecular formula is C8H13N5. The number of hydrogen-bond acceptors (Lipinski definition) is 4. The summed E-state index contributed by atoms with van der Waals surface area (Å²) in [6.45, 7) is 1.84. The average molecular weight is 179 g/mol. The first-order chi connectivity index (χ1) is 6.19. The molecule has 0 atom stereocenters. The fourth-order valence-corrected chi connectivity index (χ4v) is 0.916. The smallest absolute Gasteiger partial charge is 0.0978 e. The van der Waals surface area contributed by atoms with E-state index in [0.717, 1.165) is 5.69 Å². The zero-order chi connectivity index (χ0) is 9.84. The molecule has 70 valence electrons. The number of hydrogen-bond donors (Lipinski definition) is 2. The molecule has 0 saturated heterocycles. The number of nitrogens with zero attached hydrogens (tertiary/aromatic N) is 3. The minimum absolute atomic E-state index is 0.642. The van der Waals surface area contributed by atoms with E-state index in [2.05, 4.69) is 10.1 Å². The van der Waals surface area contributed by atoms with Crippen molar-refractivity contribution >= 4 is 17.6 Å². The number of rotatable bonds is 2. The minimum Gasteiger partial charge on any atom is -0.403 e. The molecule has 1 aromatic heterocycles. The molecule has 0 aliphatic heterocycles. The van der Waals surface area contributed by atoms with Crippen molar-refractivity contribution in [1.82, 2.24) is 9.78 Å². The Morgan fingerprint density at radius 2 is 2.38 bits per heavy atom. The van der Waals surface area contributed by atoms with Crippen LogP contribution >= 0.6 is 0 Å². The van der Waals surface area contributed by atoms with Gasteiger partial charge in [-0.25, -0.2) is 4.68 Å². The summed E-state index contributed by atoms with van der Waals surface area (Å²) in [6.07, 6.45) is 4.75. The quantitative estimate of drug-likeness (QED) is 0.637. The summed E-state index contributed by atoms with van der Waals surface area (Å²) in [5.74, 6) is 0. The van der Waals surface area contributed by atoms with Crippen LogP contribution in [0.3, 0.4) is 0 Å². The Kier molecular flexibility index (Phi) is 2.69. The van der Waals surface area contributed by atoms with Crippen LogP contribution in [-0.4, -0.2) is 23.0 Å². The molecule has 0 radical (unpaired) electrons. The molecule has 5 nitrogen and oxygen atoms in total. The van der Waals surface area contributed by atoms with Crippen molar-refractivity contribution in [1.29, 1.82) is 0 Å². The van der Waals surface area contributed by atoms with Crippen LogP contribution in [-0.2, 0) is 0 Å². The molecule has 0 bridgehead atoms. The van der Waals surface area contributed by atoms with Crippen LogP contribution in [0.5, 0.6) is 0 Å². The first-order valence-corrected chi connectivity index (χ1v) is 3.85. The second kappa shape index (κ2) is 3.75. The lowest BCUT2D eigenvalue weighted by Crippen LogP contribution is -2.02. The van der Waals surface area contributed by atoms with Gasteiger partial charge in [-0.15, -0.1) is 0 Å². The van der Waals surface area contributed by atoms with Crippen LogP contribution in [0.4, 0.5) is 5.69 Å². The van der Waals surface area contributed by atoms with Gasteiger partial charge in [-0.05, 0) is 6.92 Å². The van der Waals surface area contributed by atoms with Crippen molar-refractivity contribution in [2.45, 2.75) is 6.92 Å². The van der Waals surface area contributed by atoms with Gasteiger partial charge in [0, 0.05) is 19.5 Å². The molecule has 5 heteroatoms. The molecule has 0 aliphatic rings. The van der Waals surface area contributed by atoms with E-state index >= 15 is 0 Å². The highest BCUT2D eigenvalue weighted by Crippen LogP contribution is 2.09. The molecule has 0 saturated carbocycles. The van der Waals surface area contributed by atoms with E-state index in [1.807, 2.05) is 6.92 Å². The zero-order valence-corrected chi connectivity index (χ0v) is 7.73. The van der Waals surface area contributed by atoms with Crippen LogP contribution < -0.4 is 11.5 Å². The lowest BCUT2D eigenvalue weighted by molar-refractivity contribution is 0.896. The van der Waals surface area contributed by atoms with E-state index in [4.69, 9.17) is 11.5 Å². The van der Waals surface area contributed by atoms with Crippen LogP contribution in [0.2, 0.25) is 0 Å². The van der Waals surface area contributed by atoms with E-state index in [1.54, 1.807) is 24.1 Å². The molecule has 1 rings (SSSR count). The Morgan fingerprint density at radius 3 is 2.77 bits per heavy atom. The fraction of sp³-hybridized carbons (Fsp3) is 0.250. The third-order valence-corrected chi connectivity index (χ3v) is 1.63. The Bertz CT molecular complexity index is 328. The summed E-state index contributed by atoms with van der Waals surface area (Å²) in [7, 11) is 1.67. The Labute approximate surface area is 76.7 Å². The van der Waals surface area contributed by atoms with E-state index in [-0.39, 0.29) is 0 Å². The molecule has 0 aliphatic carbocycles. The number of nitrogens with two attached hydrogens (primary N) is 2. The van der Waals surface area contributed by atoms with Gasteiger partial charge in [-0.3, -0.25) is 4.99 Å². The van der Waals surface area contributed by atoms with Crippen molar-refractivity contribution in [2.75, 3.05) is 12.8 Å². The molecule has 0 amide bonds. The van der Waals surface area contributed by atoms with Crippen LogP contribution in [0.25, 0.3) is 5.70 Å². The van der Waals surface area contributed by atoms with Crippen molar-refractivity contribution in [3.63, 3.8) is 0 Å². The predicted octanol–water partition coefficient (Wildman–Crippen LogP) is 0.231. The van der Waals surface area contributed by atoms with Gasteiger partial charge in [-0.2, -0.15) is 5.10 Å². The number of nitrogen functional groups attached to an aromatic ring is 1. The number of aliphatic imine (C=N–C) groups is 1. The van der Waals surface area contributed by atoms with E-state index in [9.17, 15) is 0 Å². The molecule has 0 unspecified atom stereocenters. The number of aromatic nitrogens is 2. The first kappa shape index (κ1) is 9.31. The van der Waals surface area contributed by atoms with E-state index in [1.165, 1.54) is 6.20 Å². The van der Waals surface area contributed by atoms with Gasteiger partial charge in [0.25, 0.3) is 0 Å². The molecule has 0 aromatic carbocycles. The predicted molar refractivity (Wildman–Crippen MR) is 54.3 cm³/mol. The molecule has 4 N–H and O–H groups in total. The van der Waals surface area contributed by atoms with E-state index in [0.29, 0.717) is 11.4 Å². The largest absolute Gasteiger partial charge is 0.403 e. The normalized spacial score (nSPS) is 12.6. The third-order valence-electron chi connectivity index (χ3n) is 1.63. The Morgan fingerprint density at radius 1 is 1.69 bits per heavy atom. The third kappa shape index (κ3) is 1.87. The summed E-state index contributed by atoms with van der Waals surface area (Å²) in [4.78, 5) is 3.85. The first-order valence-electron chi connectivity index (χ1n) is 3.85. The maximum Gasteiger partial charge on any atom is 0.0978 e. The van der Waals surface area contributed by atoms with Crippen molar-refractivity contribution in [3.8, 4) is 0 Å². The highest BCUT2D eigenvalue weighted by Gasteiger charge is 2.02. The van der Waals surface area contributed by atoms with Crippen LogP contribution in [0.1, 0.15) is 5.69 Å². The Hall–Kier alpha value is -1.78. The molecular weight excluding hydrogens is 166 g/mol. The van der Waals surface area contributed by atoms with Gasteiger partial charge >= 0.3 is 0 Å². The SMILES string of the molecule is CN=C/C(=C\N)n1cc(N)c(C)n1. The van der Waals surface area contributed by atoms with Gasteiger partial charge in [0.2, 0.25) is 0 Å². The van der Waals surface area contributed by atoms with Gasteiger partial charge in [0.1, 0.15) is 0 Å². The molecule has 1 aromatic rings. The lowest BCUT2D eigenvalue weighted by atomic mass is 10.4. The maximum atomic E-state index is 5.63. The summed E-state index contributed by atoms with van der Waals surface area (Å²) in [5, 5.41) is 4.15. The van der Waals surface area contributed by atoms with Crippen LogP contribution in [0, 0.1) is 6.92 Å². The highest BCUT2D eigenvalue weighted by molar-refractivity contribution is 6.01. The highest BCUT2D eigenvalue weighted by atomic mass is 15.3. The fourth-order valence-electron chi connectivity index (χ4n) is 0.916. The zero-order valence-electron chi connectivity index (χ0n) is 7.73. The second-order valence-corrected chi connectivity index (χ2v) is 2.59. The van der Waals surface area contributed by atoms with Crippen molar-refractivity contribution in [2.24, 2.45) is 10.7 Å². The summed E-state index contributed by atoms with van der Waals surface area (Å²) >= 11 is 0. The lowest BCUT2D eigenvalue weighted by Gasteiger charge is -1.98. The summed E-state index contributed by atoms with van der Waals surface area (Å²) < 4.78 is 1.59. The van der Waals surface area contributed by atoms with Crippen molar-refractivity contribution < 1.29 is 0 Å². The maximum absolute atomic E-state index is 5.63. The second-order valence-electron chi connectivity index (χ2n) is 2.59. The summed E-state index contributed by atoms with van der Waals surface area (Å²) in [6, 6.07) is 0. The number of aryl methyl sites for hydroxylation is 1. The summed E-state index contributed by atoms with van der Waals surface area (Å²) in [5.41, 5.74) is 13.1. The van der Waals surface area contributed by atoms with Gasteiger partial charge < -0.3 is 11.5 Å². The monoisotopic (exact) mass is 179 g/mol. The van der Waals surface area contributed by atoms with Crippen LogP contribution in [0.15, 0.2) is 17.4 Å². The molecule has 1 heterocycles. The molecule has 0 spiro atoms. The minimum atomic E-state index is 0.642. The average Bonchev–Trinajstić information content (AvgIpc) is 2.43. The number of anilines is 1. The van der Waals surface area contributed by atoms with Crippen molar-refractivity contribution in [3.05, 3.63) is 18.1 Å². The van der Waals surface area contributed by atoms with E-state index < -0.39 is 0 Å². The van der Waals surface area contributed by atoms with Gasteiger partial charge in [0.15, 0.2) is 0 Å². The van der Waals surface area contributed by atoms with Gasteiger partial charge in [0.05, 0.1) is 23.3 Å². The number of allylic oxidation sites excluding steroid dienone is 1. The topological polar surface area (TPSA) is 82.2 Å². The molecule has 0 fully saturated rings. The standard InChI is InChI=1S/C8H13N5/c1-6-8(10)5-13(12-6)7(3-9)4-11-2/h3-5H,9-10H2,1-2H3/b7-3+,11-4?.